The molecule has 4 rings (SSSR count). The molecule has 0 spiro atoms. The molecule has 0 fully saturated rings. The highest BCUT2D eigenvalue weighted by Crippen LogP contribution is 2.39. The van der Waals surface area contributed by atoms with Crippen molar-refractivity contribution in [2.45, 2.75) is 39.4 Å². The van der Waals surface area contributed by atoms with Gasteiger partial charge in [-0.3, -0.25) is 4.79 Å². The molecule has 0 aliphatic carbocycles. The van der Waals surface area contributed by atoms with Gasteiger partial charge in [0, 0.05) is 19.5 Å². The largest absolute Gasteiger partial charge is 0.338 e. The number of rotatable bonds is 1. The normalized spacial score (nSPS) is 19.6. The summed E-state index contributed by atoms with van der Waals surface area (Å²) in [7, 11) is 0. The molecule has 0 radical (unpaired) electrons. The number of anilines is 2. The number of amides is 1. The molecule has 0 bridgehead atoms. The minimum absolute atomic E-state index is 0.0794. The third-order valence-electron chi connectivity index (χ3n) is 4.47. The monoisotopic (exact) mass is 282 g/mol. The molecule has 0 saturated heterocycles. The zero-order valence-corrected chi connectivity index (χ0v) is 12.3. The second-order valence-electron chi connectivity index (χ2n) is 5.71. The van der Waals surface area contributed by atoms with Crippen LogP contribution in [-0.2, 0) is 24.3 Å². The smallest absolute Gasteiger partial charge is 0.247 e. The maximum Gasteiger partial charge on any atom is 0.247 e. The molecule has 21 heavy (non-hydrogen) atoms. The number of hydrogen-bond acceptors (Lipinski definition) is 3. The van der Waals surface area contributed by atoms with E-state index in [1.807, 2.05) is 17.7 Å². The van der Waals surface area contributed by atoms with Crippen LogP contribution in [0.3, 0.4) is 0 Å². The summed E-state index contributed by atoms with van der Waals surface area (Å²) in [6.07, 6.45) is 0.759. The van der Waals surface area contributed by atoms with Gasteiger partial charge in [0.25, 0.3) is 0 Å². The van der Waals surface area contributed by atoms with Crippen LogP contribution in [0, 0.1) is 6.92 Å². The lowest BCUT2D eigenvalue weighted by molar-refractivity contribution is -0.117. The van der Waals surface area contributed by atoms with Gasteiger partial charge in [0.05, 0.1) is 5.69 Å². The summed E-state index contributed by atoms with van der Waals surface area (Å²) in [4.78, 5) is 14.7. The minimum Gasteiger partial charge on any atom is -0.338 e. The first kappa shape index (κ1) is 12.4. The van der Waals surface area contributed by atoms with E-state index in [0.717, 1.165) is 36.7 Å². The third-order valence-corrected chi connectivity index (χ3v) is 4.47. The van der Waals surface area contributed by atoms with Crippen molar-refractivity contribution in [3.8, 4) is 0 Å². The highest BCUT2D eigenvalue weighted by atomic mass is 16.2. The lowest BCUT2D eigenvalue weighted by Gasteiger charge is -2.40. The van der Waals surface area contributed by atoms with E-state index < -0.39 is 0 Å². The molecular formula is C16H18N4O. The standard InChI is InChI=1S/C16H18N4O/c1-3-20-16-14(10(2)18-20)17-15(21)13-8-11-6-4-5-7-12(11)9-19(13)16/h4-7,13H,3,8-9H2,1-2H3,(H,17,21). The van der Waals surface area contributed by atoms with Crippen molar-refractivity contribution >= 4 is 17.4 Å². The summed E-state index contributed by atoms with van der Waals surface area (Å²) in [6, 6.07) is 8.25. The number of aromatic nitrogens is 2. The molecule has 1 unspecified atom stereocenters. The van der Waals surface area contributed by atoms with E-state index in [9.17, 15) is 4.79 Å². The van der Waals surface area contributed by atoms with Crippen LogP contribution in [0.4, 0.5) is 11.5 Å². The van der Waals surface area contributed by atoms with Gasteiger partial charge in [0.15, 0.2) is 5.82 Å². The Morgan fingerprint density at radius 1 is 1.33 bits per heavy atom. The Labute approximate surface area is 123 Å². The van der Waals surface area contributed by atoms with Crippen molar-refractivity contribution in [1.82, 2.24) is 9.78 Å². The van der Waals surface area contributed by atoms with Crippen molar-refractivity contribution in [3.05, 3.63) is 41.1 Å². The second kappa shape index (κ2) is 4.35. The number of benzene rings is 1. The third kappa shape index (κ3) is 1.70. The molecule has 2 aliphatic rings. The Morgan fingerprint density at radius 3 is 2.86 bits per heavy atom. The molecule has 1 N–H and O–H groups in total. The van der Waals surface area contributed by atoms with Crippen LogP contribution in [0.15, 0.2) is 24.3 Å². The molecule has 5 nitrogen and oxygen atoms in total. The first-order valence-electron chi connectivity index (χ1n) is 7.40. The van der Waals surface area contributed by atoms with Crippen molar-refractivity contribution in [2.24, 2.45) is 0 Å². The Hall–Kier alpha value is -2.30. The maximum atomic E-state index is 12.5. The molecular weight excluding hydrogens is 264 g/mol. The van der Waals surface area contributed by atoms with Gasteiger partial charge in [0.2, 0.25) is 5.91 Å². The van der Waals surface area contributed by atoms with Gasteiger partial charge in [-0.25, -0.2) is 4.68 Å². The summed E-state index contributed by atoms with van der Waals surface area (Å²) < 4.78 is 1.99. The molecule has 0 saturated carbocycles. The molecule has 1 amide bonds. The fraction of sp³-hybridized carbons (Fsp3) is 0.375. The first-order valence-corrected chi connectivity index (χ1v) is 7.40. The highest BCUT2D eigenvalue weighted by Gasteiger charge is 2.39. The lowest BCUT2D eigenvalue weighted by Crippen LogP contribution is -2.51. The molecule has 108 valence electrons. The summed E-state index contributed by atoms with van der Waals surface area (Å²) in [5.74, 6) is 1.13. The Balaban J connectivity index is 1.87. The van der Waals surface area contributed by atoms with Gasteiger partial charge in [0.1, 0.15) is 11.7 Å². The number of nitrogens with zero attached hydrogens (tertiary/aromatic N) is 3. The van der Waals surface area contributed by atoms with Crippen molar-refractivity contribution in [1.29, 1.82) is 0 Å². The first-order chi connectivity index (χ1) is 10.2. The minimum atomic E-state index is -0.131. The molecule has 2 aliphatic heterocycles. The van der Waals surface area contributed by atoms with Crippen molar-refractivity contribution < 1.29 is 4.79 Å². The van der Waals surface area contributed by atoms with E-state index >= 15 is 0 Å². The summed E-state index contributed by atoms with van der Waals surface area (Å²) >= 11 is 0. The summed E-state index contributed by atoms with van der Waals surface area (Å²) in [5.41, 5.74) is 4.34. The molecule has 1 atom stereocenters. The SMILES string of the molecule is CCn1nc(C)c2c1N1Cc3ccccc3CC1C(=O)N2. The van der Waals surface area contributed by atoms with Crippen LogP contribution in [-0.4, -0.2) is 21.7 Å². The summed E-state index contributed by atoms with van der Waals surface area (Å²) in [6.45, 7) is 5.60. The van der Waals surface area contributed by atoms with Gasteiger partial charge >= 0.3 is 0 Å². The number of carbonyl (C=O) groups excluding carboxylic acids is 1. The number of aryl methyl sites for hydroxylation is 2. The van der Waals surface area contributed by atoms with Crippen molar-refractivity contribution in [3.63, 3.8) is 0 Å². The van der Waals surface area contributed by atoms with Gasteiger partial charge in [-0.05, 0) is 25.0 Å². The number of fused-ring (bicyclic) bond motifs is 4. The molecule has 2 aromatic rings. The molecule has 1 aromatic carbocycles. The fourth-order valence-electron chi connectivity index (χ4n) is 3.41. The maximum absolute atomic E-state index is 12.5. The Kier molecular flexibility index (Phi) is 2.58. The van der Waals surface area contributed by atoms with Gasteiger partial charge in [-0.2, -0.15) is 5.10 Å². The zero-order valence-electron chi connectivity index (χ0n) is 12.3. The summed E-state index contributed by atoms with van der Waals surface area (Å²) in [5, 5.41) is 7.60. The Bertz CT molecular complexity index is 734. The van der Waals surface area contributed by atoms with E-state index in [1.165, 1.54) is 11.1 Å². The van der Waals surface area contributed by atoms with Gasteiger partial charge in [-0.15, -0.1) is 0 Å². The van der Waals surface area contributed by atoms with Gasteiger partial charge < -0.3 is 10.2 Å². The topological polar surface area (TPSA) is 50.2 Å². The Morgan fingerprint density at radius 2 is 2.10 bits per heavy atom. The second-order valence-corrected chi connectivity index (χ2v) is 5.71. The van der Waals surface area contributed by atoms with Crippen LogP contribution >= 0.6 is 0 Å². The van der Waals surface area contributed by atoms with Crippen molar-refractivity contribution in [2.75, 3.05) is 10.2 Å². The number of nitrogens with one attached hydrogen (secondary N) is 1. The number of carbonyl (C=O) groups is 1. The van der Waals surface area contributed by atoms with Crippen LogP contribution in [0.1, 0.15) is 23.7 Å². The van der Waals surface area contributed by atoms with Gasteiger partial charge in [-0.1, -0.05) is 24.3 Å². The zero-order chi connectivity index (χ0) is 14.6. The average molecular weight is 282 g/mol. The van der Waals surface area contributed by atoms with Crippen LogP contribution in [0.25, 0.3) is 0 Å². The van der Waals surface area contributed by atoms with E-state index in [2.05, 4.69) is 40.4 Å². The average Bonchev–Trinajstić information content (AvgIpc) is 2.82. The lowest BCUT2D eigenvalue weighted by atomic mass is 9.92. The quantitative estimate of drug-likeness (QED) is 0.871. The van der Waals surface area contributed by atoms with Crippen LogP contribution in [0.2, 0.25) is 0 Å². The predicted octanol–water partition coefficient (Wildman–Crippen LogP) is 2.09. The predicted molar refractivity (Wildman–Crippen MR) is 81.4 cm³/mol. The highest BCUT2D eigenvalue weighted by molar-refractivity contribution is 6.04. The molecule has 1 aromatic heterocycles. The fourth-order valence-corrected chi connectivity index (χ4v) is 3.41. The molecule has 3 heterocycles. The van der Waals surface area contributed by atoms with E-state index in [4.69, 9.17) is 0 Å². The van der Waals surface area contributed by atoms with E-state index in [0.29, 0.717) is 0 Å². The number of hydrogen-bond donors (Lipinski definition) is 1. The van der Waals surface area contributed by atoms with Crippen LogP contribution < -0.4 is 10.2 Å². The molecule has 5 heteroatoms. The van der Waals surface area contributed by atoms with E-state index in [1.54, 1.807) is 0 Å². The van der Waals surface area contributed by atoms with Crippen LogP contribution in [0.5, 0.6) is 0 Å². The van der Waals surface area contributed by atoms with E-state index in [-0.39, 0.29) is 11.9 Å².